The Balaban J connectivity index is 1.37. The topological polar surface area (TPSA) is 79.4 Å². The Bertz CT molecular complexity index is 843. The normalized spacial score (nSPS) is 22.3. The number of amides is 1. The zero-order chi connectivity index (χ0) is 20.2. The van der Waals surface area contributed by atoms with Crippen molar-refractivity contribution in [1.29, 1.82) is 0 Å². The molecule has 1 aromatic carbocycles. The van der Waals surface area contributed by atoms with Crippen molar-refractivity contribution in [1.82, 2.24) is 15.5 Å². The molecule has 2 N–H and O–H groups in total. The van der Waals surface area contributed by atoms with Crippen LogP contribution in [0.25, 0.3) is 0 Å². The van der Waals surface area contributed by atoms with Crippen LogP contribution in [0.1, 0.15) is 65.8 Å². The maximum atomic E-state index is 12.6. The molecule has 0 unspecified atom stereocenters. The number of benzene rings is 1. The standard InChI is InChI=1S/C23H30N4O2/c1-15-21(16(2)26-25-15)23(28)24-20-12-10-19(11-13-20)22(18-6-4-3-5-7-18)27-29-14-17-8-9-17/h3-7,17,19-20H,8-14H2,1-2H3,(H,24,28)(H,25,26)/b27-22+. The predicted molar refractivity (Wildman–Crippen MR) is 113 cm³/mol. The summed E-state index contributed by atoms with van der Waals surface area (Å²) >= 11 is 0. The van der Waals surface area contributed by atoms with Crippen LogP contribution in [-0.2, 0) is 4.84 Å². The van der Waals surface area contributed by atoms with Gasteiger partial charge in [-0.05, 0) is 63.9 Å². The number of nitrogens with one attached hydrogen (secondary N) is 2. The van der Waals surface area contributed by atoms with E-state index in [0.717, 1.165) is 55.0 Å². The molecule has 6 heteroatoms. The molecule has 6 nitrogen and oxygen atoms in total. The van der Waals surface area contributed by atoms with Gasteiger partial charge in [-0.3, -0.25) is 9.89 Å². The molecule has 2 aliphatic carbocycles. The zero-order valence-corrected chi connectivity index (χ0v) is 17.3. The van der Waals surface area contributed by atoms with Gasteiger partial charge in [-0.15, -0.1) is 0 Å². The molecular formula is C23H30N4O2. The highest BCUT2D eigenvalue weighted by atomic mass is 16.6. The molecule has 0 saturated heterocycles. The summed E-state index contributed by atoms with van der Waals surface area (Å²) in [6.45, 7) is 4.47. The smallest absolute Gasteiger partial charge is 0.255 e. The van der Waals surface area contributed by atoms with Crippen molar-refractivity contribution in [3.63, 3.8) is 0 Å². The molecule has 154 valence electrons. The van der Waals surface area contributed by atoms with Crippen molar-refractivity contribution >= 4 is 11.6 Å². The fraction of sp³-hybridized carbons (Fsp3) is 0.522. The van der Waals surface area contributed by atoms with Gasteiger partial charge in [0, 0.05) is 17.7 Å². The van der Waals surface area contributed by atoms with E-state index in [0.29, 0.717) is 17.4 Å². The highest BCUT2D eigenvalue weighted by Crippen LogP contribution is 2.31. The maximum absolute atomic E-state index is 12.6. The molecule has 0 atom stereocenters. The molecule has 1 aromatic heterocycles. The van der Waals surface area contributed by atoms with E-state index in [1.54, 1.807) is 0 Å². The van der Waals surface area contributed by atoms with Gasteiger partial charge < -0.3 is 10.2 Å². The maximum Gasteiger partial charge on any atom is 0.255 e. The molecule has 1 heterocycles. The van der Waals surface area contributed by atoms with Gasteiger partial charge in [0.05, 0.1) is 17.0 Å². The van der Waals surface area contributed by atoms with E-state index in [2.05, 4.69) is 32.8 Å². The number of hydrogen-bond donors (Lipinski definition) is 2. The SMILES string of the molecule is Cc1n[nH]c(C)c1C(=O)NC1CCC(/C(=N/OCC2CC2)c2ccccc2)CC1. The average molecular weight is 395 g/mol. The summed E-state index contributed by atoms with van der Waals surface area (Å²) < 4.78 is 0. The fourth-order valence-electron chi connectivity index (χ4n) is 4.12. The Labute approximate surface area is 172 Å². The third-order valence-corrected chi connectivity index (χ3v) is 6.04. The van der Waals surface area contributed by atoms with Gasteiger partial charge in [0.15, 0.2) is 0 Å². The second-order valence-corrected chi connectivity index (χ2v) is 8.41. The van der Waals surface area contributed by atoms with Crippen molar-refractivity contribution in [3.05, 3.63) is 52.8 Å². The van der Waals surface area contributed by atoms with E-state index in [1.165, 1.54) is 12.8 Å². The lowest BCUT2D eigenvalue weighted by Crippen LogP contribution is -2.39. The van der Waals surface area contributed by atoms with Gasteiger partial charge in [0.25, 0.3) is 5.91 Å². The number of nitrogens with zero attached hydrogens (tertiary/aromatic N) is 2. The summed E-state index contributed by atoms with van der Waals surface area (Å²) in [7, 11) is 0. The van der Waals surface area contributed by atoms with Crippen LogP contribution in [-0.4, -0.2) is 34.5 Å². The van der Waals surface area contributed by atoms with Crippen molar-refractivity contribution in [3.8, 4) is 0 Å². The van der Waals surface area contributed by atoms with Crippen LogP contribution in [0.3, 0.4) is 0 Å². The second-order valence-electron chi connectivity index (χ2n) is 8.41. The number of hydrogen-bond acceptors (Lipinski definition) is 4. The summed E-state index contributed by atoms with van der Waals surface area (Å²) in [6.07, 6.45) is 6.40. The molecule has 2 aliphatic rings. The first-order valence-corrected chi connectivity index (χ1v) is 10.7. The van der Waals surface area contributed by atoms with Crippen LogP contribution in [0.15, 0.2) is 35.5 Å². The van der Waals surface area contributed by atoms with E-state index in [9.17, 15) is 4.79 Å². The predicted octanol–water partition coefficient (Wildman–Crippen LogP) is 4.15. The first-order chi connectivity index (χ1) is 14.1. The monoisotopic (exact) mass is 394 g/mol. The molecule has 2 aromatic rings. The van der Waals surface area contributed by atoms with Gasteiger partial charge in [-0.25, -0.2) is 0 Å². The lowest BCUT2D eigenvalue weighted by molar-refractivity contribution is 0.0923. The van der Waals surface area contributed by atoms with E-state index in [-0.39, 0.29) is 11.9 Å². The van der Waals surface area contributed by atoms with Crippen LogP contribution in [0.2, 0.25) is 0 Å². The first-order valence-electron chi connectivity index (χ1n) is 10.7. The average Bonchev–Trinajstić information content (AvgIpc) is 3.49. The van der Waals surface area contributed by atoms with E-state index >= 15 is 0 Å². The lowest BCUT2D eigenvalue weighted by Gasteiger charge is -2.30. The van der Waals surface area contributed by atoms with E-state index in [4.69, 9.17) is 4.84 Å². The van der Waals surface area contributed by atoms with Crippen molar-refractivity contribution in [2.24, 2.45) is 17.0 Å². The second kappa shape index (κ2) is 8.80. The number of carbonyl (C=O) groups excluding carboxylic acids is 1. The minimum Gasteiger partial charge on any atom is -0.395 e. The Morgan fingerprint density at radius 1 is 1.14 bits per heavy atom. The van der Waals surface area contributed by atoms with Crippen LogP contribution in [0, 0.1) is 25.7 Å². The molecule has 1 amide bonds. The van der Waals surface area contributed by atoms with E-state index < -0.39 is 0 Å². The van der Waals surface area contributed by atoms with Crippen molar-refractivity contribution in [2.75, 3.05) is 6.61 Å². The molecule has 0 bridgehead atoms. The third kappa shape index (κ3) is 4.86. The molecule has 2 fully saturated rings. The Morgan fingerprint density at radius 2 is 1.86 bits per heavy atom. The van der Waals surface area contributed by atoms with Gasteiger partial charge >= 0.3 is 0 Å². The molecule has 0 aliphatic heterocycles. The zero-order valence-electron chi connectivity index (χ0n) is 17.3. The Hall–Kier alpha value is -2.63. The molecule has 0 radical (unpaired) electrons. The lowest BCUT2D eigenvalue weighted by atomic mass is 9.81. The summed E-state index contributed by atoms with van der Waals surface area (Å²) in [4.78, 5) is 18.4. The number of rotatable bonds is 7. The molecule has 2 saturated carbocycles. The Morgan fingerprint density at radius 3 is 2.48 bits per heavy atom. The number of aryl methyl sites for hydroxylation is 2. The van der Waals surface area contributed by atoms with Gasteiger partial charge in [0.2, 0.25) is 0 Å². The largest absolute Gasteiger partial charge is 0.395 e. The number of aromatic nitrogens is 2. The number of aromatic amines is 1. The number of oxime groups is 1. The highest BCUT2D eigenvalue weighted by molar-refractivity contribution is 6.02. The summed E-state index contributed by atoms with van der Waals surface area (Å²) in [5, 5.41) is 14.8. The summed E-state index contributed by atoms with van der Waals surface area (Å²) in [6, 6.07) is 10.5. The molecular weight excluding hydrogens is 364 g/mol. The molecule has 0 spiro atoms. The van der Waals surface area contributed by atoms with Crippen LogP contribution in [0.5, 0.6) is 0 Å². The Kier molecular flexibility index (Phi) is 5.97. The van der Waals surface area contributed by atoms with Crippen LogP contribution < -0.4 is 5.32 Å². The molecule has 29 heavy (non-hydrogen) atoms. The van der Waals surface area contributed by atoms with E-state index in [1.807, 2.05) is 32.0 Å². The van der Waals surface area contributed by atoms with Crippen molar-refractivity contribution < 1.29 is 9.63 Å². The molecule has 4 rings (SSSR count). The minimum absolute atomic E-state index is 0.0260. The summed E-state index contributed by atoms with van der Waals surface area (Å²) in [5.74, 6) is 1.03. The van der Waals surface area contributed by atoms with Crippen molar-refractivity contribution in [2.45, 2.75) is 58.4 Å². The number of carbonyl (C=O) groups is 1. The summed E-state index contributed by atoms with van der Waals surface area (Å²) in [5.41, 5.74) is 4.44. The van der Waals surface area contributed by atoms with Gasteiger partial charge in [-0.2, -0.15) is 5.10 Å². The van der Waals surface area contributed by atoms with Gasteiger partial charge in [0.1, 0.15) is 6.61 Å². The van der Waals surface area contributed by atoms with Crippen LogP contribution in [0.4, 0.5) is 0 Å². The van der Waals surface area contributed by atoms with Crippen LogP contribution >= 0.6 is 0 Å². The third-order valence-electron chi connectivity index (χ3n) is 6.04. The minimum atomic E-state index is -0.0260. The quantitative estimate of drug-likeness (QED) is 0.547. The fourth-order valence-corrected chi connectivity index (χ4v) is 4.12. The first kappa shape index (κ1) is 19.7. The van der Waals surface area contributed by atoms with Gasteiger partial charge in [-0.1, -0.05) is 35.5 Å². The highest BCUT2D eigenvalue weighted by Gasteiger charge is 2.28. The number of H-pyrrole nitrogens is 1.